The van der Waals surface area contributed by atoms with Gasteiger partial charge >= 0.3 is 0 Å². The number of aromatic nitrogens is 1. The van der Waals surface area contributed by atoms with Gasteiger partial charge in [0.05, 0.1) is 5.52 Å². The highest BCUT2D eigenvalue weighted by molar-refractivity contribution is 9.10. The molecule has 1 aliphatic carbocycles. The fraction of sp³-hybridized carbons (Fsp3) is 0.263. The largest absolute Gasteiger partial charge is 0.295 e. The van der Waals surface area contributed by atoms with Gasteiger partial charge in [0.2, 0.25) is 0 Å². The summed E-state index contributed by atoms with van der Waals surface area (Å²) in [4.78, 5) is 16.8. The fourth-order valence-electron chi connectivity index (χ4n) is 3.08. The molecule has 1 aromatic heterocycles. The van der Waals surface area contributed by atoms with E-state index < -0.39 is 0 Å². The Hall–Kier alpha value is -1.74. The van der Waals surface area contributed by atoms with E-state index in [1.54, 1.807) is 0 Å². The van der Waals surface area contributed by atoms with Gasteiger partial charge in [0.1, 0.15) is 0 Å². The molecule has 0 saturated heterocycles. The first-order valence-corrected chi connectivity index (χ1v) is 8.20. The predicted molar refractivity (Wildman–Crippen MR) is 94.6 cm³/mol. The Balaban J connectivity index is 2.22. The molecule has 2 nitrogen and oxygen atoms in total. The molecule has 112 valence electrons. The number of carbonyl (C=O) groups is 1. The zero-order valence-corrected chi connectivity index (χ0v) is 14.4. The van der Waals surface area contributed by atoms with Crippen LogP contribution < -0.4 is 0 Å². The predicted octanol–water partition coefficient (Wildman–Crippen LogP) is 5.33. The molecule has 1 atom stereocenters. The lowest BCUT2D eigenvalue weighted by atomic mass is 9.77. The lowest BCUT2D eigenvalue weighted by Crippen LogP contribution is -2.18. The standard InChI is InChI=1S/C19H18BrNO/c1-11(2)13-9-16(12(3)18(22)10-13)14-7-8-21-19-15(14)5-4-6-17(19)20/h4-8,13H,1,9-10H2,2-3H3. The minimum Gasteiger partial charge on any atom is -0.295 e. The van der Waals surface area contributed by atoms with Gasteiger partial charge in [-0.15, -0.1) is 0 Å². The number of pyridine rings is 1. The number of hydrogen-bond donors (Lipinski definition) is 0. The normalized spacial score (nSPS) is 18.9. The number of Topliss-reactive ketones (excluding diaryl/α,β-unsaturated/α-hetero) is 1. The zero-order valence-electron chi connectivity index (χ0n) is 12.8. The summed E-state index contributed by atoms with van der Waals surface area (Å²) in [5, 5.41) is 1.08. The summed E-state index contributed by atoms with van der Waals surface area (Å²) in [5.41, 5.74) is 5.14. The topological polar surface area (TPSA) is 30.0 Å². The summed E-state index contributed by atoms with van der Waals surface area (Å²) in [5.74, 6) is 0.468. The molecule has 1 aromatic carbocycles. The number of allylic oxidation sites excluding steroid dienone is 3. The molecule has 22 heavy (non-hydrogen) atoms. The number of carbonyl (C=O) groups excluding carboxylic acids is 1. The molecule has 0 spiro atoms. The van der Waals surface area contributed by atoms with Crippen LogP contribution in [0.4, 0.5) is 0 Å². The molecule has 3 heteroatoms. The Morgan fingerprint density at radius 3 is 2.82 bits per heavy atom. The third-order valence-electron chi connectivity index (χ3n) is 4.50. The number of benzene rings is 1. The molecule has 0 saturated carbocycles. The van der Waals surface area contributed by atoms with Crippen molar-refractivity contribution in [3.63, 3.8) is 0 Å². The third-order valence-corrected chi connectivity index (χ3v) is 5.14. The smallest absolute Gasteiger partial charge is 0.159 e. The summed E-state index contributed by atoms with van der Waals surface area (Å²) in [6.45, 7) is 8.00. The van der Waals surface area contributed by atoms with Gasteiger partial charge in [-0.05, 0) is 71.0 Å². The summed E-state index contributed by atoms with van der Waals surface area (Å²) in [6.07, 6.45) is 3.27. The minimum absolute atomic E-state index is 0.231. The molecule has 0 bridgehead atoms. The molecular formula is C19H18BrNO. The number of para-hydroxylation sites is 1. The fourth-order valence-corrected chi connectivity index (χ4v) is 3.55. The Morgan fingerprint density at radius 2 is 2.09 bits per heavy atom. The summed E-state index contributed by atoms with van der Waals surface area (Å²) in [7, 11) is 0. The SMILES string of the molecule is C=C(C)C1CC(=O)C(C)=C(c2ccnc3c(Br)cccc23)C1. The first-order valence-electron chi connectivity index (χ1n) is 7.41. The van der Waals surface area contributed by atoms with Crippen LogP contribution in [0, 0.1) is 5.92 Å². The van der Waals surface area contributed by atoms with E-state index in [0.717, 1.165) is 44.1 Å². The van der Waals surface area contributed by atoms with Crippen molar-refractivity contribution in [3.05, 3.63) is 58.2 Å². The second-order valence-corrected chi connectivity index (χ2v) is 6.83. The van der Waals surface area contributed by atoms with Crippen molar-refractivity contribution in [3.8, 4) is 0 Å². The average molecular weight is 356 g/mol. The van der Waals surface area contributed by atoms with E-state index in [2.05, 4.69) is 33.6 Å². The molecule has 0 amide bonds. The number of rotatable bonds is 2. The monoisotopic (exact) mass is 355 g/mol. The van der Waals surface area contributed by atoms with E-state index in [0.29, 0.717) is 6.42 Å². The van der Waals surface area contributed by atoms with Crippen molar-refractivity contribution in [1.29, 1.82) is 0 Å². The van der Waals surface area contributed by atoms with Crippen molar-refractivity contribution >= 4 is 38.2 Å². The summed E-state index contributed by atoms with van der Waals surface area (Å²) < 4.78 is 0.976. The van der Waals surface area contributed by atoms with Gasteiger partial charge in [-0.1, -0.05) is 24.3 Å². The van der Waals surface area contributed by atoms with Crippen LogP contribution in [-0.2, 0) is 4.79 Å². The Labute approximate surface area is 139 Å². The van der Waals surface area contributed by atoms with Gasteiger partial charge in [0.25, 0.3) is 0 Å². The maximum atomic E-state index is 12.4. The average Bonchev–Trinajstić information content (AvgIpc) is 2.50. The Kier molecular flexibility index (Phi) is 4.00. The molecule has 3 rings (SSSR count). The number of fused-ring (bicyclic) bond motifs is 1. The van der Waals surface area contributed by atoms with Crippen LogP contribution in [0.1, 0.15) is 32.3 Å². The highest BCUT2D eigenvalue weighted by atomic mass is 79.9. The van der Waals surface area contributed by atoms with Crippen LogP contribution in [0.3, 0.4) is 0 Å². The summed E-state index contributed by atoms with van der Waals surface area (Å²) in [6, 6.07) is 8.08. The molecule has 0 N–H and O–H groups in total. The maximum absolute atomic E-state index is 12.4. The second kappa shape index (κ2) is 5.81. The molecule has 0 radical (unpaired) electrons. The van der Waals surface area contributed by atoms with Gasteiger partial charge in [0.15, 0.2) is 5.78 Å². The van der Waals surface area contributed by atoms with Crippen LogP contribution in [0.15, 0.2) is 52.7 Å². The third kappa shape index (κ3) is 2.54. The van der Waals surface area contributed by atoms with E-state index in [9.17, 15) is 4.79 Å². The van der Waals surface area contributed by atoms with Gasteiger partial charge in [-0.2, -0.15) is 0 Å². The molecule has 2 aromatic rings. The summed E-state index contributed by atoms with van der Waals surface area (Å²) >= 11 is 3.56. The number of halogens is 1. The van der Waals surface area contributed by atoms with Crippen molar-refractivity contribution in [2.75, 3.05) is 0 Å². The quantitative estimate of drug-likeness (QED) is 0.681. The van der Waals surface area contributed by atoms with Crippen LogP contribution in [0.25, 0.3) is 16.5 Å². The van der Waals surface area contributed by atoms with Crippen molar-refractivity contribution < 1.29 is 4.79 Å². The van der Waals surface area contributed by atoms with Gasteiger partial charge < -0.3 is 0 Å². The highest BCUT2D eigenvalue weighted by Crippen LogP contribution is 2.39. The number of nitrogens with zero attached hydrogens (tertiary/aromatic N) is 1. The molecule has 1 unspecified atom stereocenters. The molecule has 1 heterocycles. The lowest BCUT2D eigenvalue weighted by molar-refractivity contribution is -0.116. The lowest BCUT2D eigenvalue weighted by Gasteiger charge is -2.26. The van der Waals surface area contributed by atoms with E-state index >= 15 is 0 Å². The van der Waals surface area contributed by atoms with Gasteiger partial charge in [-0.25, -0.2) is 0 Å². The Bertz CT molecular complexity index is 819. The molecular weight excluding hydrogens is 338 g/mol. The minimum atomic E-state index is 0.231. The van der Waals surface area contributed by atoms with E-state index in [-0.39, 0.29) is 11.7 Å². The second-order valence-electron chi connectivity index (χ2n) is 5.97. The van der Waals surface area contributed by atoms with Crippen molar-refractivity contribution in [2.45, 2.75) is 26.7 Å². The van der Waals surface area contributed by atoms with E-state index in [4.69, 9.17) is 0 Å². The van der Waals surface area contributed by atoms with E-state index in [1.807, 2.05) is 38.2 Å². The van der Waals surface area contributed by atoms with Gasteiger partial charge in [0, 0.05) is 22.5 Å². The highest BCUT2D eigenvalue weighted by Gasteiger charge is 2.27. The zero-order chi connectivity index (χ0) is 15.9. The van der Waals surface area contributed by atoms with Gasteiger partial charge in [-0.3, -0.25) is 9.78 Å². The van der Waals surface area contributed by atoms with Crippen molar-refractivity contribution in [2.24, 2.45) is 5.92 Å². The van der Waals surface area contributed by atoms with E-state index in [1.165, 1.54) is 0 Å². The number of hydrogen-bond acceptors (Lipinski definition) is 2. The van der Waals surface area contributed by atoms with Crippen LogP contribution in [0.5, 0.6) is 0 Å². The van der Waals surface area contributed by atoms with Crippen LogP contribution in [-0.4, -0.2) is 10.8 Å². The molecule has 1 aliphatic rings. The number of ketones is 1. The van der Waals surface area contributed by atoms with Crippen molar-refractivity contribution in [1.82, 2.24) is 4.98 Å². The molecule has 0 aliphatic heterocycles. The maximum Gasteiger partial charge on any atom is 0.159 e. The Morgan fingerprint density at radius 1 is 1.32 bits per heavy atom. The van der Waals surface area contributed by atoms with Crippen LogP contribution >= 0.6 is 15.9 Å². The first kappa shape index (κ1) is 15.2. The molecule has 0 fully saturated rings. The first-order chi connectivity index (χ1) is 10.5. The van der Waals surface area contributed by atoms with Crippen LogP contribution in [0.2, 0.25) is 0 Å².